The summed E-state index contributed by atoms with van der Waals surface area (Å²) in [5.74, 6) is 1.36. The molecule has 0 bridgehead atoms. The van der Waals surface area contributed by atoms with Gasteiger partial charge in [0, 0.05) is 25.1 Å². The maximum Gasteiger partial charge on any atom is 0.264 e. The molecule has 1 aromatic carbocycles. The molecule has 0 atom stereocenters. The summed E-state index contributed by atoms with van der Waals surface area (Å²) in [4.78, 5) is 28.8. The highest BCUT2D eigenvalue weighted by Gasteiger charge is 2.14. The number of fused-ring (bicyclic) bond motifs is 1. The van der Waals surface area contributed by atoms with Crippen LogP contribution >= 0.6 is 0 Å². The number of nitrogens with one attached hydrogen (secondary N) is 1. The number of furan rings is 1. The monoisotopic (exact) mass is 369 g/mol. The van der Waals surface area contributed by atoms with Gasteiger partial charge in [0.05, 0.1) is 6.61 Å². The van der Waals surface area contributed by atoms with E-state index in [0.717, 1.165) is 16.9 Å². The van der Waals surface area contributed by atoms with Crippen molar-refractivity contribution in [3.63, 3.8) is 0 Å². The lowest BCUT2D eigenvalue weighted by molar-refractivity contribution is -0.121. The topological polar surface area (TPSA) is 86.4 Å². The Morgan fingerprint density at radius 1 is 1.26 bits per heavy atom. The lowest BCUT2D eigenvalue weighted by Crippen LogP contribution is -2.27. The van der Waals surface area contributed by atoms with Crippen LogP contribution in [0.25, 0.3) is 11.1 Å². The second kappa shape index (κ2) is 8.07. The van der Waals surface area contributed by atoms with Crippen LogP contribution in [-0.2, 0) is 17.9 Å². The Balaban J connectivity index is 1.57. The van der Waals surface area contributed by atoms with Crippen molar-refractivity contribution in [2.24, 2.45) is 0 Å². The van der Waals surface area contributed by atoms with Crippen LogP contribution in [0.1, 0.15) is 30.2 Å². The fourth-order valence-corrected chi connectivity index (χ4v) is 2.81. The van der Waals surface area contributed by atoms with Crippen LogP contribution in [-0.4, -0.2) is 22.1 Å². The van der Waals surface area contributed by atoms with Crippen molar-refractivity contribution in [3.8, 4) is 5.75 Å². The van der Waals surface area contributed by atoms with Crippen molar-refractivity contribution in [3.05, 3.63) is 57.8 Å². The number of rotatable bonds is 7. The van der Waals surface area contributed by atoms with Gasteiger partial charge in [0.25, 0.3) is 5.56 Å². The summed E-state index contributed by atoms with van der Waals surface area (Å²) in [5.41, 5.74) is 1.92. The molecule has 0 aliphatic heterocycles. The maximum absolute atomic E-state index is 12.6. The Bertz CT molecular complexity index is 1000. The zero-order valence-electron chi connectivity index (χ0n) is 15.7. The van der Waals surface area contributed by atoms with Gasteiger partial charge in [-0.25, -0.2) is 4.98 Å². The summed E-state index contributed by atoms with van der Waals surface area (Å²) in [5, 5.41) is 3.34. The van der Waals surface area contributed by atoms with E-state index in [4.69, 9.17) is 9.15 Å². The van der Waals surface area contributed by atoms with E-state index in [1.807, 2.05) is 38.1 Å². The molecule has 142 valence electrons. The Morgan fingerprint density at radius 3 is 2.70 bits per heavy atom. The molecule has 2 aromatic heterocycles. The fourth-order valence-electron chi connectivity index (χ4n) is 2.81. The minimum absolute atomic E-state index is 0.129. The smallest absolute Gasteiger partial charge is 0.264 e. The second-order valence-corrected chi connectivity index (χ2v) is 6.31. The molecule has 0 aliphatic carbocycles. The molecule has 0 fully saturated rings. The molecule has 1 N–H and O–H groups in total. The largest absolute Gasteiger partial charge is 0.494 e. The van der Waals surface area contributed by atoms with Crippen molar-refractivity contribution in [1.29, 1.82) is 0 Å². The fraction of sp³-hybridized carbons (Fsp3) is 0.350. The quantitative estimate of drug-likeness (QED) is 0.692. The van der Waals surface area contributed by atoms with Crippen LogP contribution in [0.5, 0.6) is 5.75 Å². The number of aromatic nitrogens is 2. The molecule has 2 heterocycles. The van der Waals surface area contributed by atoms with Crippen LogP contribution in [0.4, 0.5) is 0 Å². The molecular weight excluding hydrogens is 346 g/mol. The van der Waals surface area contributed by atoms with Crippen molar-refractivity contribution in [2.45, 2.75) is 40.3 Å². The number of benzene rings is 1. The number of ether oxygens (including phenoxy) is 1. The van der Waals surface area contributed by atoms with Crippen molar-refractivity contribution < 1.29 is 13.9 Å². The van der Waals surface area contributed by atoms with E-state index in [-0.39, 0.29) is 24.4 Å². The highest BCUT2D eigenvalue weighted by Crippen LogP contribution is 2.19. The SMILES string of the molecule is CCOc1ccc(CNC(=O)CCn2cnc3oc(C)c(C)c3c2=O)cc1. The Labute approximate surface area is 157 Å². The summed E-state index contributed by atoms with van der Waals surface area (Å²) in [6.07, 6.45) is 1.62. The molecule has 0 saturated heterocycles. The molecule has 3 aromatic rings. The van der Waals surface area contributed by atoms with Gasteiger partial charge in [0.1, 0.15) is 23.2 Å². The molecule has 0 aliphatic rings. The average molecular weight is 369 g/mol. The molecule has 1 amide bonds. The van der Waals surface area contributed by atoms with Crippen LogP contribution < -0.4 is 15.6 Å². The minimum Gasteiger partial charge on any atom is -0.494 e. The molecule has 0 saturated carbocycles. The van der Waals surface area contributed by atoms with Gasteiger partial charge in [0.2, 0.25) is 11.6 Å². The molecule has 3 rings (SSSR count). The summed E-state index contributed by atoms with van der Waals surface area (Å²) < 4.78 is 12.3. The summed E-state index contributed by atoms with van der Waals surface area (Å²) in [7, 11) is 0. The van der Waals surface area contributed by atoms with E-state index in [9.17, 15) is 9.59 Å². The van der Waals surface area contributed by atoms with Crippen molar-refractivity contribution in [1.82, 2.24) is 14.9 Å². The molecule has 7 nitrogen and oxygen atoms in total. The van der Waals surface area contributed by atoms with Crippen LogP contribution in [0, 0.1) is 13.8 Å². The third-order valence-electron chi connectivity index (χ3n) is 4.46. The standard InChI is InChI=1S/C20H23N3O4/c1-4-26-16-7-5-15(6-8-16)11-21-17(24)9-10-23-12-22-19-18(20(23)25)13(2)14(3)27-19/h5-8,12H,4,9-11H2,1-3H3,(H,21,24). The van der Waals surface area contributed by atoms with Crippen LogP contribution in [0.3, 0.4) is 0 Å². The van der Waals surface area contributed by atoms with Gasteiger partial charge in [-0.3, -0.25) is 14.2 Å². The predicted octanol–water partition coefficient (Wildman–Crippen LogP) is 2.71. The molecule has 7 heteroatoms. The number of carbonyl (C=O) groups excluding carboxylic acids is 1. The summed E-state index contributed by atoms with van der Waals surface area (Å²) in [6, 6.07) is 7.58. The maximum atomic E-state index is 12.6. The Kier molecular flexibility index (Phi) is 5.59. The normalized spacial score (nSPS) is 10.9. The number of hydrogen-bond donors (Lipinski definition) is 1. The number of nitrogens with zero attached hydrogens (tertiary/aromatic N) is 2. The number of carbonyl (C=O) groups is 1. The van der Waals surface area contributed by atoms with Crippen LogP contribution in [0.15, 0.2) is 39.8 Å². The lowest BCUT2D eigenvalue weighted by atomic mass is 10.2. The summed E-state index contributed by atoms with van der Waals surface area (Å²) >= 11 is 0. The first kappa shape index (κ1) is 18.7. The van der Waals surface area contributed by atoms with E-state index in [2.05, 4.69) is 10.3 Å². The van der Waals surface area contributed by atoms with Crippen molar-refractivity contribution in [2.75, 3.05) is 6.61 Å². The van der Waals surface area contributed by atoms with Gasteiger partial charge in [-0.1, -0.05) is 12.1 Å². The van der Waals surface area contributed by atoms with E-state index >= 15 is 0 Å². The minimum atomic E-state index is -0.186. The predicted molar refractivity (Wildman–Crippen MR) is 102 cm³/mol. The highest BCUT2D eigenvalue weighted by atomic mass is 16.5. The van der Waals surface area contributed by atoms with E-state index in [1.165, 1.54) is 10.9 Å². The van der Waals surface area contributed by atoms with Crippen LogP contribution in [0.2, 0.25) is 0 Å². The zero-order valence-corrected chi connectivity index (χ0v) is 15.7. The number of hydrogen-bond acceptors (Lipinski definition) is 5. The Morgan fingerprint density at radius 2 is 2.00 bits per heavy atom. The van der Waals surface area contributed by atoms with Crippen molar-refractivity contribution >= 4 is 17.0 Å². The van der Waals surface area contributed by atoms with Gasteiger partial charge in [-0.2, -0.15) is 0 Å². The van der Waals surface area contributed by atoms with Gasteiger partial charge >= 0.3 is 0 Å². The zero-order chi connectivity index (χ0) is 19.4. The highest BCUT2D eigenvalue weighted by molar-refractivity contribution is 5.77. The summed E-state index contributed by atoms with van der Waals surface area (Å²) in [6.45, 7) is 6.88. The molecule has 0 spiro atoms. The molecule has 0 unspecified atom stereocenters. The van der Waals surface area contributed by atoms with Gasteiger partial charge in [-0.15, -0.1) is 0 Å². The van der Waals surface area contributed by atoms with E-state index < -0.39 is 0 Å². The third-order valence-corrected chi connectivity index (χ3v) is 4.46. The second-order valence-electron chi connectivity index (χ2n) is 6.31. The van der Waals surface area contributed by atoms with E-state index in [0.29, 0.717) is 30.0 Å². The molecular formula is C20H23N3O4. The van der Waals surface area contributed by atoms with Gasteiger partial charge in [-0.05, 0) is 38.5 Å². The number of aryl methyl sites for hydroxylation is 3. The van der Waals surface area contributed by atoms with Gasteiger partial charge in [0.15, 0.2) is 0 Å². The first-order valence-electron chi connectivity index (χ1n) is 8.93. The first-order chi connectivity index (χ1) is 13.0. The molecule has 27 heavy (non-hydrogen) atoms. The third kappa shape index (κ3) is 4.19. The lowest BCUT2D eigenvalue weighted by Gasteiger charge is -2.08. The molecule has 0 radical (unpaired) electrons. The number of amides is 1. The van der Waals surface area contributed by atoms with E-state index in [1.54, 1.807) is 6.92 Å². The first-order valence-corrected chi connectivity index (χ1v) is 8.93. The Hall–Kier alpha value is -3.09. The van der Waals surface area contributed by atoms with Gasteiger partial charge < -0.3 is 14.5 Å². The average Bonchev–Trinajstić information content (AvgIpc) is 2.95.